The van der Waals surface area contributed by atoms with E-state index < -0.39 is 11.7 Å². The van der Waals surface area contributed by atoms with E-state index >= 15 is 0 Å². The van der Waals surface area contributed by atoms with Crippen LogP contribution in [0.5, 0.6) is 0 Å². The highest BCUT2D eigenvalue weighted by atomic mass is 127. The second kappa shape index (κ2) is 8.44. The lowest BCUT2D eigenvalue weighted by molar-refractivity contribution is 0.0636. The zero-order chi connectivity index (χ0) is 20.4. The van der Waals surface area contributed by atoms with Crippen LogP contribution in [0.3, 0.4) is 0 Å². The molecule has 0 aliphatic heterocycles. The highest BCUT2D eigenvalue weighted by molar-refractivity contribution is 14.2. The van der Waals surface area contributed by atoms with Gasteiger partial charge in [0.05, 0.1) is 11.2 Å². The van der Waals surface area contributed by atoms with Crippen molar-refractivity contribution in [1.29, 1.82) is 0 Å². The highest BCUT2D eigenvalue weighted by Gasteiger charge is 2.19. The summed E-state index contributed by atoms with van der Waals surface area (Å²) in [6, 6.07) is 6.05. The van der Waals surface area contributed by atoms with Crippen LogP contribution in [0.2, 0.25) is 0 Å². The Kier molecular flexibility index (Phi) is 6.71. The number of fused-ring (bicyclic) bond motifs is 1. The number of aromatic nitrogens is 1. The molecule has 1 heterocycles. The largest absolute Gasteiger partial charge is 0.444 e. The van der Waals surface area contributed by atoms with Crippen molar-refractivity contribution in [3.63, 3.8) is 0 Å². The second-order valence-electron chi connectivity index (χ2n) is 7.07. The second-order valence-corrected chi connectivity index (χ2v) is 8.76. The van der Waals surface area contributed by atoms with Crippen molar-refractivity contribution in [1.82, 2.24) is 3.97 Å². The molecule has 0 aliphatic carbocycles. The summed E-state index contributed by atoms with van der Waals surface area (Å²) in [6.45, 7) is 13.5. The molecule has 27 heavy (non-hydrogen) atoms. The van der Waals surface area contributed by atoms with E-state index in [2.05, 4.69) is 49.1 Å². The third-order valence-corrected chi connectivity index (χ3v) is 5.60. The van der Waals surface area contributed by atoms with Gasteiger partial charge in [0.1, 0.15) is 5.60 Å². The van der Waals surface area contributed by atoms with Crippen LogP contribution in [-0.2, 0) is 4.74 Å². The molecule has 0 saturated carbocycles. The van der Waals surface area contributed by atoms with Gasteiger partial charge in [-0.3, -0.25) is 9.29 Å². The Morgan fingerprint density at radius 3 is 2.59 bits per heavy atom. The number of anilines is 1. The van der Waals surface area contributed by atoms with Crippen molar-refractivity contribution in [3.05, 3.63) is 47.7 Å². The van der Waals surface area contributed by atoms with Crippen LogP contribution in [0.15, 0.2) is 36.4 Å². The molecule has 1 aromatic heterocycles. The molecule has 0 radical (unpaired) electrons. The summed E-state index contributed by atoms with van der Waals surface area (Å²) in [5.41, 5.74) is 4.56. The molecule has 1 amide bonds. The first-order valence-corrected chi connectivity index (χ1v) is 11.7. The number of carbonyl (C=O) groups is 1. The van der Waals surface area contributed by atoms with Crippen LogP contribution in [0.25, 0.3) is 16.5 Å². The summed E-state index contributed by atoms with van der Waals surface area (Å²) in [7, 11) is 1.53. The van der Waals surface area contributed by atoms with Crippen molar-refractivity contribution in [2.24, 2.45) is 0 Å². The summed E-state index contributed by atoms with van der Waals surface area (Å²) < 4.78 is 7.42. The zero-order valence-corrected chi connectivity index (χ0v) is 19.1. The van der Waals surface area contributed by atoms with Gasteiger partial charge in [0, 0.05) is 52.5 Å². The number of amides is 1. The van der Waals surface area contributed by atoms with Gasteiger partial charge in [-0.25, -0.2) is 4.79 Å². The molecule has 1 N–H and O–H groups in total. The fourth-order valence-electron chi connectivity index (χ4n) is 2.66. The molecule has 142 valence electrons. The molecule has 0 saturated heterocycles. The quantitative estimate of drug-likeness (QED) is 0.291. The van der Waals surface area contributed by atoms with Crippen molar-refractivity contribution in [2.45, 2.75) is 40.2 Å². The molecule has 0 fully saturated rings. The van der Waals surface area contributed by atoms with Gasteiger partial charge in [0.2, 0.25) is 0 Å². The van der Waals surface area contributed by atoms with Gasteiger partial charge >= 0.3 is 6.09 Å². The number of allylic oxidation sites excluding steroid dienone is 3. The van der Waals surface area contributed by atoms with Crippen molar-refractivity contribution in [2.75, 3.05) is 5.32 Å². The Hall–Kier alpha value is -1.85. The first-order chi connectivity index (χ1) is 12.6. The average Bonchev–Trinajstić information content (AvgIpc) is 2.91. The smallest absolute Gasteiger partial charge is 0.412 e. The van der Waals surface area contributed by atoms with E-state index in [9.17, 15) is 4.79 Å². The van der Waals surface area contributed by atoms with Crippen LogP contribution < -0.4 is 5.32 Å². The van der Waals surface area contributed by atoms with Crippen LogP contribution in [0, 0.1) is 19.3 Å². The van der Waals surface area contributed by atoms with Crippen LogP contribution in [0.4, 0.5) is 10.5 Å². The first kappa shape index (κ1) is 21.5. The molecule has 2 aromatic rings. The third-order valence-electron chi connectivity index (χ3n) is 3.89. The topological polar surface area (TPSA) is 43.3 Å². The highest BCUT2D eigenvalue weighted by Crippen LogP contribution is 2.36. The normalized spacial score (nSPS) is 12.0. The van der Waals surface area contributed by atoms with Gasteiger partial charge in [-0.1, -0.05) is 18.6 Å². The van der Waals surface area contributed by atoms with Crippen molar-refractivity contribution < 1.29 is 9.53 Å². The van der Waals surface area contributed by atoms with E-state index in [1.54, 1.807) is 0 Å². The average molecular weight is 494 g/mol. The van der Waals surface area contributed by atoms with Gasteiger partial charge < -0.3 is 4.74 Å². The fourth-order valence-corrected chi connectivity index (χ4v) is 4.40. The molecule has 2 rings (SSSR count). The number of rotatable bonds is 4. The predicted molar refractivity (Wildman–Crippen MR) is 125 cm³/mol. The molecule has 0 unspecified atom stereocenters. The van der Waals surface area contributed by atoms with E-state index in [0.717, 1.165) is 33.3 Å². The number of terminal acetylenes is 1. The molecule has 4 nitrogen and oxygen atoms in total. The molecular formula is C21H23IN2O2S. The number of aryl methyl sites for hydroxylation is 1. The van der Waals surface area contributed by atoms with Gasteiger partial charge in [0.25, 0.3) is 0 Å². The van der Waals surface area contributed by atoms with Gasteiger partial charge in [0.15, 0.2) is 0 Å². The zero-order valence-electron chi connectivity index (χ0n) is 16.1. The number of nitrogens with zero attached hydrogens (tertiary/aromatic N) is 1. The maximum Gasteiger partial charge on any atom is 0.412 e. The van der Waals surface area contributed by atoms with E-state index in [0.29, 0.717) is 5.69 Å². The van der Waals surface area contributed by atoms with E-state index in [4.69, 9.17) is 11.2 Å². The van der Waals surface area contributed by atoms with Gasteiger partial charge in [-0.15, -0.1) is 6.42 Å². The number of benzene rings is 1. The summed E-state index contributed by atoms with van der Waals surface area (Å²) in [4.78, 5) is 12.2. The predicted octanol–water partition coefficient (Wildman–Crippen LogP) is 6.74. The maximum atomic E-state index is 12.2. The number of hydrogen-bond acceptors (Lipinski definition) is 3. The van der Waals surface area contributed by atoms with Gasteiger partial charge in [-0.2, -0.15) is 0 Å². The minimum atomic E-state index is -0.552. The number of ether oxygens (including phenoxy) is 1. The lowest BCUT2D eigenvalue weighted by Gasteiger charge is -2.20. The third kappa shape index (κ3) is 4.90. The minimum Gasteiger partial charge on any atom is -0.444 e. The number of halogens is 1. The Morgan fingerprint density at radius 1 is 1.41 bits per heavy atom. The summed E-state index contributed by atoms with van der Waals surface area (Å²) in [6.07, 6.45) is 7.01. The number of carbonyl (C=O) groups excluding carboxylic acids is 1. The number of nitrogens with one attached hydrogen (secondary N) is 1. The van der Waals surface area contributed by atoms with Crippen LogP contribution in [-0.4, -0.2) is 15.7 Å². The van der Waals surface area contributed by atoms with E-state index in [-0.39, 0.29) is 0 Å². The molecule has 0 spiro atoms. The SMILES string of the molecule is C#C/C(=C\C)C(=C)c1cc2cc(C)c(NC(=O)OC(C)(C)C)cc2n1SI. The van der Waals surface area contributed by atoms with Crippen LogP contribution >= 0.6 is 30.3 Å². The van der Waals surface area contributed by atoms with Crippen molar-refractivity contribution in [3.8, 4) is 12.3 Å². The Bertz CT molecular complexity index is 975. The molecule has 0 atom stereocenters. The molecular weight excluding hydrogens is 471 g/mol. The Morgan fingerprint density at radius 2 is 2.07 bits per heavy atom. The van der Waals surface area contributed by atoms with Gasteiger partial charge in [-0.05, 0) is 58.4 Å². The Balaban J connectivity index is 2.51. The fraction of sp³-hybridized carbons (Fsp3) is 0.286. The lowest BCUT2D eigenvalue weighted by Crippen LogP contribution is -2.27. The Labute approximate surface area is 177 Å². The van der Waals surface area contributed by atoms with E-state index in [1.165, 1.54) is 9.12 Å². The standard InChI is InChI=1S/C21H23IN2O2S/c1-8-15(9-2)14(4)18-11-16-10-13(3)17(12-19(16)24(18)27-22)23-20(25)26-21(5,6)7/h1,9-12H,4H2,2-3,5-7H3,(H,23,25)/b15-9+. The lowest BCUT2D eigenvalue weighted by atomic mass is 10.1. The molecule has 1 aromatic carbocycles. The minimum absolute atomic E-state index is 0.474. The summed E-state index contributed by atoms with van der Waals surface area (Å²) in [5.74, 6) is 2.68. The summed E-state index contributed by atoms with van der Waals surface area (Å²) in [5, 5.41) is 3.89. The van der Waals surface area contributed by atoms with Crippen molar-refractivity contribution >= 4 is 58.6 Å². The summed E-state index contributed by atoms with van der Waals surface area (Å²) >= 11 is 2.22. The molecule has 0 bridgehead atoms. The monoisotopic (exact) mass is 494 g/mol. The van der Waals surface area contributed by atoms with Crippen LogP contribution in [0.1, 0.15) is 39.0 Å². The molecule has 0 aliphatic rings. The molecule has 6 heteroatoms. The number of hydrogen-bond donors (Lipinski definition) is 1. The maximum absolute atomic E-state index is 12.2. The first-order valence-electron chi connectivity index (χ1n) is 8.39. The van der Waals surface area contributed by atoms with E-state index in [1.807, 2.05) is 52.8 Å².